The number of pyridine rings is 1. The SMILES string of the molecule is Cc1cccc(C(=O)Nc2ccc(SCc3cccnc3)cc2)c1. The highest BCUT2D eigenvalue weighted by molar-refractivity contribution is 7.98. The minimum atomic E-state index is -0.0885. The molecule has 0 saturated carbocycles. The molecule has 0 radical (unpaired) electrons. The fourth-order valence-corrected chi connectivity index (χ4v) is 3.11. The molecule has 1 amide bonds. The molecule has 0 atom stereocenters. The van der Waals surface area contributed by atoms with Crippen LogP contribution in [0.3, 0.4) is 0 Å². The first-order chi connectivity index (χ1) is 11.7. The monoisotopic (exact) mass is 334 g/mol. The quantitative estimate of drug-likeness (QED) is 0.672. The number of rotatable bonds is 5. The molecule has 2 aromatic carbocycles. The highest BCUT2D eigenvalue weighted by Gasteiger charge is 2.06. The molecule has 0 aliphatic carbocycles. The number of nitrogens with one attached hydrogen (secondary N) is 1. The normalized spacial score (nSPS) is 10.4. The van der Waals surface area contributed by atoms with Crippen LogP contribution in [0.2, 0.25) is 0 Å². The van der Waals surface area contributed by atoms with E-state index in [1.54, 1.807) is 18.0 Å². The molecule has 0 aliphatic heterocycles. The zero-order chi connectivity index (χ0) is 16.8. The lowest BCUT2D eigenvalue weighted by Crippen LogP contribution is -2.11. The minimum Gasteiger partial charge on any atom is -0.322 e. The number of carbonyl (C=O) groups is 1. The zero-order valence-electron chi connectivity index (χ0n) is 13.4. The number of aryl methyl sites for hydroxylation is 1. The molecule has 1 heterocycles. The van der Waals surface area contributed by atoms with Crippen molar-refractivity contribution in [3.8, 4) is 0 Å². The summed E-state index contributed by atoms with van der Waals surface area (Å²) < 4.78 is 0. The van der Waals surface area contributed by atoms with Gasteiger partial charge in [0.2, 0.25) is 0 Å². The highest BCUT2D eigenvalue weighted by atomic mass is 32.2. The van der Waals surface area contributed by atoms with Crippen LogP contribution in [0.25, 0.3) is 0 Å². The second-order valence-corrected chi connectivity index (χ2v) is 6.55. The lowest BCUT2D eigenvalue weighted by Gasteiger charge is -2.07. The summed E-state index contributed by atoms with van der Waals surface area (Å²) in [6, 6.07) is 19.5. The van der Waals surface area contributed by atoms with E-state index < -0.39 is 0 Å². The molecule has 0 unspecified atom stereocenters. The average Bonchev–Trinajstić information content (AvgIpc) is 2.62. The van der Waals surface area contributed by atoms with E-state index in [1.165, 1.54) is 5.56 Å². The van der Waals surface area contributed by atoms with Crippen LogP contribution >= 0.6 is 11.8 Å². The molecule has 1 aromatic heterocycles. The number of benzene rings is 2. The Hall–Kier alpha value is -2.59. The maximum atomic E-state index is 12.2. The van der Waals surface area contributed by atoms with E-state index in [9.17, 15) is 4.79 Å². The number of amides is 1. The standard InChI is InChI=1S/C20H18N2OS/c1-15-4-2-6-17(12-15)20(23)22-18-7-9-19(10-8-18)24-14-16-5-3-11-21-13-16/h2-13H,14H2,1H3,(H,22,23). The van der Waals surface area contributed by atoms with Crippen LogP contribution < -0.4 is 5.32 Å². The van der Waals surface area contributed by atoms with Crippen LogP contribution in [0.1, 0.15) is 21.5 Å². The molecular weight excluding hydrogens is 316 g/mol. The van der Waals surface area contributed by atoms with Gasteiger partial charge in [0, 0.05) is 34.3 Å². The van der Waals surface area contributed by atoms with Crippen LogP contribution in [-0.2, 0) is 5.75 Å². The van der Waals surface area contributed by atoms with Crippen molar-refractivity contribution in [3.05, 3.63) is 89.7 Å². The summed E-state index contributed by atoms with van der Waals surface area (Å²) in [5, 5.41) is 2.93. The van der Waals surface area contributed by atoms with Gasteiger partial charge in [0.05, 0.1) is 0 Å². The number of aromatic nitrogens is 1. The summed E-state index contributed by atoms with van der Waals surface area (Å²) in [5.74, 6) is 0.789. The van der Waals surface area contributed by atoms with E-state index in [0.29, 0.717) is 5.56 Å². The van der Waals surface area contributed by atoms with E-state index in [2.05, 4.69) is 16.4 Å². The maximum Gasteiger partial charge on any atom is 0.255 e. The Bertz CT molecular complexity index is 817. The Morgan fingerprint density at radius 2 is 1.92 bits per heavy atom. The van der Waals surface area contributed by atoms with Gasteiger partial charge in [0.1, 0.15) is 0 Å². The Morgan fingerprint density at radius 3 is 2.62 bits per heavy atom. The lowest BCUT2D eigenvalue weighted by atomic mass is 10.1. The summed E-state index contributed by atoms with van der Waals surface area (Å²) in [4.78, 5) is 17.5. The molecule has 3 nitrogen and oxygen atoms in total. The highest BCUT2D eigenvalue weighted by Crippen LogP contribution is 2.24. The van der Waals surface area contributed by atoms with Gasteiger partial charge in [0.25, 0.3) is 5.91 Å². The summed E-state index contributed by atoms with van der Waals surface area (Å²) in [5.41, 5.74) is 3.74. The topological polar surface area (TPSA) is 42.0 Å². The largest absolute Gasteiger partial charge is 0.322 e. The number of nitrogens with zero attached hydrogens (tertiary/aromatic N) is 1. The second-order valence-electron chi connectivity index (χ2n) is 5.50. The number of anilines is 1. The molecular formula is C20H18N2OS. The molecule has 3 aromatic rings. The second kappa shape index (κ2) is 7.79. The Balaban J connectivity index is 1.59. The van der Waals surface area contributed by atoms with Crippen molar-refractivity contribution < 1.29 is 4.79 Å². The van der Waals surface area contributed by atoms with E-state index in [1.807, 2.05) is 67.7 Å². The summed E-state index contributed by atoms with van der Waals surface area (Å²) in [6.45, 7) is 1.98. The van der Waals surface area contributed by atoms with Gasteiger partial charge in [-0.1, -0.05) is 23.8 Å². The van der Waals surface area contributed by atoms with Crippen molar-refractivity contribution in [1.29, 1.82) is 0 Å². The van der Waals surface area contributed by atoms with E-state index in [-0.39, 0.29) is 5.91 Å². The van der Waals surface area contributed by atoms with Crippen LogP contribution in [-0.4, -0.2) is 10.9 Å². The van der Waals surface area contributed by atoms with Crippen LogP contribution in [0.15, 0.2) is 78.0 Å². The lowest BCUT2D eigenvalue weighted by molar-refractivity contribution is 0.102. The van der Waals surface area contributed by atoms with Crippen molar-refractivity contribution in [2.75, 3.05) is 5.32 Å². The summed E-state index contributed by atoms with van der Waals surface area (Å²) in [6.07, 6.45) is 3.66. The fourth-order valence-electron chi connectivity index (χ4n) is 2.27. The van der Waals surface area contributed by atoms with Gasteiger partial charge in [-0.2, -0.15) is 0 Å². The predicted molar refractivity (Wildman–Crippen MR) is 99.4 cm³/mol. The van der Waals surface area contributed by atoms with Gasteiger partial charge in [0.15, 0.2) is 0 Å². The van der Waals surface area contributed by atoms with E-state index >= 15 is 0 Å². The molecule has 0 saturated heterocycles. The van der Waals surface area contributed by atoms with Gasteiger partial charge in [-0.05, 0) is 55.0 Å². The summed E-state index contributed by atoms with van der Waals surface area (Å²) >= 11 is 1.75. The third-order valence-corrected chi connectivity index (χ3v) is 4.60. The zero-order valence-corrected chi connectivity index (χ0v) is 14.2. The van der Waals surface area contributed by atoms with Gasteiger partial charge < -0.3 is 5.32 Å². The van der Waals surface area contributed by atoms with Gasteiger partial charge in [-0.25, -0.2) is 0 Å². The fraction of sp³-hybridized carbons (Fsp3) is 0.100. The van der Waals surface area contributed by atoms with Crippen molar-refractivity contribution in [2.45, 2.75) is 17.6 Å². The first kappa shape index (κ1) is 16.3. The molecule has 3 rings (SSSR count). The van der Waals surface area contributed by atoms with Gasteiger partial charge in [-0.3, -0.25) is 9.78 Å². The minimum absolute atomic E-state index is 0.0885. The van der Waals surface area contributed by atoms with Crippen molar-refractivity contribution in [2.24, 2.45) is 0 Å². The number of thioether (sulfide) groups is 1. The van der Waals surface area contributed by atoms with E-state index in [0.717, 1.165) is 21.9 Å². The van der Waals surface area contributed by atoms with E-state index in [4.69, 9.17) is 0 Å². The molecule has 24 heavy (non-hydrogen) atoms. The molecule has 0 aliphatic rings. The molecule has 0 bridgehead atoms. The molecule has 1 N–H and O–H groups in total. The number of hydrogen-bond donors (Lipinski definition) is 1. The van der Waals surface area contributed by atoms with Crippen LogP contribution in [0.4, 0.5) is 5.69 Å². The number of carbonyl (C=O) groups excluding carboxylic acids is 1. The Kier molecular flexibility index (Phi) is 5.29. The smallest absolute Gasteiger partial charge is 0.255 e. The predicted octanol–water partition coefficient (Wildman–Crippen LogP) is 4.93. The van der Waals surface area contributed by atoms with Gasteiger partial charge >= 0.3 is 0 Å². The van der Waals surface area contributed by atoms with Crippen LogP contribution in [0.5, 0.6) is 0 Å². The van der Waals surface area contributed by atoms with Crippen molar-refractivity contribution >= 4 is 23.4 Å². The molecule has 120 valence electrons. The molecule has 0 spiro atoms. The Labute approximate surface area is 146 Å². The van der Waals surface area contributed by atoms with Gasteiger partial charge in [-0.15, -0.1) is 11.8 Å². The molecule has 4 heteroatoms. The Morgan fingerprint density at radius 1 is 1.08 bits per heavy atom. The number of hydrogen-bond acceptors (Lipinski definition) is 3. The maximum absolute atomic E-state index is 12.2. The third-order valence-electron chi connectivity index (χ3n) is 3.52. The van der Waals surface area contributed by atoms with Crippen LogP contribution in [0, 0.1) is 6.92 Å². The molecule has 0 fully saturated rings. The summed E-state index contributed by atoms with van der Waals surface area (Å²) in [7, 11) is 0. The first-order valence-electron chi connectivity index (χ1n) is 7.70. The average molecular weight is 334 g/mol. The first-order valence-corrected chi connectivity index (χ1v) is 8.69. The van der Waals surface area contributed by atoms with Crippen molar-refractivity contribution in [3.63, 3.8) is 0 Å². The van der Waals surface area contributed by atoms with Crippen molar-refractivity contribution in [1.82, 2.24) is 4.98 Å². The third kappa shape index (κ3) is 4.46.